The third-order valence-corrected chi connectivity index (χ3v) is 7.94. The number of alkyl halides is 3. The summed E-state index contributed by atoms with van der Waals surface area (Å²) < 4.78 is 67.7. The highest BCUT2D eigenvalue weighted by atomic mass is 35.5. The third kappa shape index (κ3) is 7.31. The van der Waals surface area contributed by atoms with Crippen LogP contribution in [0.3, 0.4) is 0 Å². The van der Waals surface area contributed by atoms with Gasteiger partial charge in [-0.1, -0.05) is 23.7 Å². The predicted octanol–water partition coefficient (Wildman–Crippen LogP) is 5.85. The Bertz CT molecular complexity index is 1590. The summed E-state index contributed by atoms with van der Waals surface area (Å²) in [5, 5.41) is 4.94. The van der Waals surface area contributed by atoms with Gasteiger partial charge < -0.3 is 14.0 Å². The van der Waals surface area contributed by atoms with E-state index in [0.717, 1.165) is 5.39 Å². The maximum Gasteiger partial charge on any atom is 0.412 e. The fourth-order valence-corrected chi connectivity index (χ4v) is 4.99. The number of ether oxygens (including phenoxy) is 2. The molecule has 0 aliphatic rings. The fourth-order valence-electron chi connectivity index (χ4n) is 3.87. The Morgan fingerprint density at radius 2 is 1.85 bits per heavy atom. The third-order valence-electron chi connectivity index (χ3n) is 6.05. The molecule has 0 unspecified atom stereocenters. The Hall–Kier alpha value is -3.32. The van der Waals surface area contributed by atoms with Gasteiger partial charge in [0.05, 0.1) is 24.9 Å². The van der Waals surface area contributed by atoms with Crippen LogP contribution in [-0.4, -0.2) is 44.0 Å². The summed E-state index contributed by atoms with van der Waals surface area (Å²) >= 11 is 4.30. The van der Waals surface area contributed by atoms with Crippen LogP contribution in [0.2, 0.25) is 5.02 Å². The number of benzene rings is 2. The zero-order valence-corrected chi connectivity index (χ0v) is 24.2. The van der Waals surface area contributed by atoms with Gasteiger partial charge in [-0.2, -0.15) is 18.3 Å². The Balaban J connectivity index is 1.53. The maximum absolute atomic E-state index is 13.9. The SMILES string of the molecule is COc1ccc2c(OCCn3nc(-c4ccc([C@@H](N[S@+]([O-])C(C)(C)C)C(F)(F)F)c(Cl)c4)ccc3=O)ccnc2c1. The van der Waals surface area contributed by atoms with E-state index < -0.39 is 28.3 Å². The molecule has 0 saturated carbocycles. The summed E-state index contributed by atoms with van der Waals surface area (Å²) in [5.74, 6) is 1.23. The van der Waals surface area contributed by atoms with Crippen molar-refractivity contribution in [2.45, 2.75) is 44.3 Å². The van der Waals surface area contributed by atoms with Crippen molar-refractivity contribution < 1.29 is 27.2 Å². The molecule has 41 heavy (non-hydrogen) atoms. The van der Waals surface area contributed by atoms with Gasteiger partial charge in [0.25, 0.3) is 5.56 Å². The molecule has 0 spiro atoms. The Kier molecular flexibility index (Phi) is 9.17. The minimum atomic E-state index is -4.75. The zero-order valence-electron chi connectivity index (χ0n) is 22.7. The van der Waals surface area contributed by atoms with E-state index >= 15 is 0 Å². The van der Waals surface area contributed by atoms with E-state index in [1.54, 1.807) is 52.3 Å². The number of rotatable bonds is 9. The van der Waals surface area contributed by atoms with Gasteiger partial charge in [0.2, 0.25) is 0 Å². The smallest absolute Gasteiger partial charge is 0.412 e. The van der Waals surface area contributed by atoms with Crippen molar-refractivity contribution in [1.29, 1.82) is 0 Å². The number of hydrogen-bond donors (Lipinski definition) is 1. The summed E-state index contributed by atoms with van der Waals surface area (Å²) in [5.41, 5.74) is 0.765. The van der Waals surface area contributed by atoms with Gasteiger partial charge in [-0.3, -0.25) is 9.78 Å². The summed E-state index contributed by atoms with van der Waals surface area (Å²) in [7, 11) is 1.57. The van der Waals surface area contributed by atoms with Crippen LogP contribution in [0.15, 0.2) is 65.6 Å². The minimum Gasteiger partial charge on any atom is -0.598 e. The molecule has 2 atom stereocenters. The average Bonchev–Trinajstić information content (AvgIpc) is 2.91. The number of methoxy groups -OCH3 is 1. The number of hydrogen-bond acceptors (Lipinski definition) is 7. The number of fused-ring (bicyclic) bond motifs is 1. The molecule has 8 nitrogen and oxygen atoms in total. The van der Waals surface area contributed by atoms with E-state index in [1.807, 2.05) is 6.07 Å². The molecule has 0 radical (unpaired) electrons. The number of halogens is 4. The first-order chi connectivity index (χ1) is 19.3. The normalized spacial score (nSPS) is 13.7. The molecule has 0 saturated heterocycles. The summed E-state index contributed by atoms with van der Waals surface area (Å²) in [6.45, 7) is 4.92. The lowest BCUT2D eigenvalue weighted by Crippen LogP contribution is -2.45. The summed E-state index contributed by atoms with van der Waals surface area (Å²) in [6.07, 6.45) is -3.14. The van der Waals surface area contributed by atoms with Crippen molar-refractivity contribution in [2.24, 2.45) is 0 Å². The van der Waals surface area contributed by atoms with Gasteiger partial charge in [0.15, 0.2) is 6.04 Å². The van der Waals surface area contributed by atoms with E-state index in [2.05, 4.69) is 14.8 Å². The highest BCUT2D eigenvalue weighted by molar-refractivity contribution is 7.90. The molecular formula is C28H28ClF3N4O4S. The van der Waals surface area contributed by atoms with Crippen LogP contribution in [-0.2, 0) is 17.9 Å². The van der Waals surface area contributed by atoms with E-state index in [9.17, 15) is 22.5 Å². The molecule has 4 aromatic rings. The topological polar surface area (TPSA) is 101 Å². The first-order valence-electron chi connectivity index (χ1n) is 12.5. The maximum atomic E-state index is 13.9. The van der Waals surface area contributed by atoms with E-state index in [4.69, 9.17) is 21.1 Å². The second-order valence-corrected chi connectivity index (χ2v) is 12.4. The predicted molar refractivity (Wildman–Crippen MR) is 153 cm³/mol. The van der Waals surface area contributed by atoms with Gasteiger partial charge in [0, 0.05) is 51.2 Å². The minimum absolute atomic E-state index is 0.108. The largest absolute Gasteiger partial charge is 0.598 e. The van der Waals surface area contributed by atoms with E-state index in [0.29, 0.717) is 28.3 Å². The van der Waals surface area contributed by atoms with Crippen molar-refractivity contribution >= 4 is 33.9 Å². The Morgan fingerprint density at radius 1 is 1.10 bits per heavy atom. The van der Waals surface area contributed by atoms with Gasteiger partial charge in [0.1, 0.15) is 22.9 Å². The quantitative estimate of drug-likeness (QED) is 0.238. The highest BCUT2D eigenvalue weighted by Gasteiger charge is 2.46. The van der Waals surface area contributed by atoms with Crippen molar-refractivity contribution in [3.8, 4) is 22.8 Å². The number of nitrogens with one attached hydrogen (secondary N) is 1. The van der Waals surface area contributed by atoms with Crippen molar-refractivity contribution in [1.82, 2.24) is 19.5 Å². The molecule has 1 N–H and O–H groups in total. The molecule has 0 fully saturated rings. The van der Waals surface area contributed by atoms with Crippen LogP contribution >= 0.6 is 11.6 Å². The molecule has 2 aromatic heterocycles. The molecule has 0 bridgehead atoms. The first-order valence-corrected chi connectivity index (χ1v) is 14.0. The van der Waals surface area contributed by atoms with E-state index in [-0.39, 0.29) is 29.3 Å². The van der Waals surface area contributed by atoms with Crippen molar-refractivity contribution in [2.75, 3.05) is 13.7 Å². The van der Waals surface area contributed by atoms with Crippen LogP contribution in [0.5, 0.6) is 11.5 Å². The average molecular weight is 609 g/mol. The van der Waals surface area contributed by atoms with Gasteiger partial charge in [-0.05, 0) is 51.1 Å². The second kappa shape index (κ2) is 12.3. The molecule has 218 valence electrons. The van der Waals surface area contributed by atoms with Gasteiger partial charge in [-0.15, -0.1) is 4.72 Å². The van der Waals surface area contributed by atoms with Gasteiger partial charge >= 0.3 is 6.18 Å². The number of aromatic nitrogens is 3. The van der Waals surface area contributed by atoms with Crippen LogP contribution in [0.1, 0.15) is 32.4 Å². The summed E-state index contributed by atoms with van der Waals surface area (Å²) in [6, 6.07) is 11.6. The lowest BCUT2D eigenvalue weighted by Gasteiger charge is -2.29. The Morgan fingerprint density at radius 3 is 2.51 bits per heavy atom. The molecule has 0 amide bonds. The molecule has 13 heteroatoms. The molecular weight excluding hydrogens is 581 g/mol. The second-order valence-electron chi connectivity index (χ2n) is 10.0. The zero-order chi connectivity index (χ0) is 29.9. The molecule has 2 aromatic carbocycles. The van der Waals surface area contributed by atoms with Crippen LogP contribution in [0, 0.1) is 0 Å². The molecule has 0 aliphatic carbocycles. The highest BCUT2D eigenvalue weighted by Crippen LogP contribution is 2.39. The van der Waals surface area contributed by atoms with E-state index in [1.165, 1.54) is 35.0 Å². The number of pyridine rings is 1. The lowest BCUT2D eigenvalue weighted by atomic mass is 10.0. The summed E-state index contributed by atoms with van der Waals surface area (Å²) in [4.78, 5) is 16.8. The fraction of sp³-hybridized carbons (Fsp3) is 0.321. The van der Waals surface area contributed by atoms with Crippen LogP contribution in [0.4, 0.5) is 13.2 Å². The van der Waals surface area contributed by atoms with Crippen molar-refractivity contribution in [3.63, 3.8) is 0 Å². The monoisotopic (exact) mass is 608 g/mol. The Labute approximate surface area is 242 Å². The van der Waals surface area contributed by atoms with Crippen molar-refractivity contribution in [3.05, 3.63) is 81.7 Å². The first kappa shape index (κ1) is 30.6. The molecule has 4 rings (SSSR count). The molecule has 0 aliphatic heterocycles. The molecule has 2 heterocycles. The standard InChI is InChI=1S/C28H28ClF3N4O4S/c1-27(2,3)41(38)35-26(28(30,31)32)19-7-5-17(15-21(19)29)22-9-10-25(37)36(34-22)13-14-40-24-11-12-33-23-16-18(39-4)6-8-20(23)24/h5-12,15-16,26,35H,13-14H2,1-4H3/t26-,41-/m1/s1. The van der Waals surface area contributed by atoms with Crippen LogP contribution in [0.25, 0.3) is 22.2 Å². The lowest BCUT2D eigenvalue weighted by molar-refractivity contribution is -0.153. The van der Waals surface area contributed by atoms with Crippen LogP contribution < -0.4 is 19.8 Å². The van der Waals surface area contributed by atoms with Gasteiger partial charge in [-0.25, -0.2) is 4.68 Å². The number of nitrogens with zero attached hydrogens (tertiary/aromatic N) is 3.